The van der Waals surface area contributed by atoms with Gasteiger partial charge in [0, 0.05) is 39.3 Å². The van der Waals surface area contributed by atoms with Crippen molar-refractivity contribution in [3.05, 3.63) is 47.7 Å². The number of nitrogens with one attached hydrogen (secondary N) is 1. The highest BCUT2D eigenvalue weighted by molar-refractivity contribution is 5.91. The molecule has 1 aromatic heterocycles. The molecule has 0 atom stereocenters. The van der Waals surface area contributed by atoms with Gasteiger partial charge < -0.3 is 14.5 Å². The highest BCUT2D eigenvalue weighted by atomic mass is 16.5. The fraction of sp³-hybridized carbons (Fsp3) is 0.545. The zero-order valence-electron chi connectivity index (χ0n) is 17.7. The summed E-state index contributed by atoms with van der Waals surface area (Å²) in [7, 11) is 1.70. The number of amides is 1. The molecule has 1 saturated heterocycles. The Morgan fingerprint density at radius 2 is 1.93 bits per heavy atom. The molecule has 2 aromatic rings. The molecule has 1 aliphatic rings. The maximum Gasteiger partial charge on any atom is 0.273 e. The number of hydrogen-bond donors (Lipinski definition) is 1. The van der Waals surface area contributed by atoms with Gasteiger partial charge in [0.25, 0.3) is 5.91 Å². The molecular formula is C22H32N4O3. The van der Waals surface area contributed by atoms with Gasteiger partial charge in [0.15, 0.2) is 5.69 Å². The highest BCUT2D eigenvalue weighted by Crippen LogP contribution is 2.16. The number of benzene rings is 1. The summed E-state index contributed by atoms with van der Waals surface area (Å²) in [5.41, 5.74) is 1.62. The monoisotopic (exact) mass is 400 g/mol. The van der Waals surface area contributed by atoms with Gasteiger partial charge in [-0.3, -0.25) is 14.6 Å². The zero-order chi connectivity index (χ0) is 20.6. The molecule has 0 bridgehead atoms. The van der Waals surface area contributed by atoms with Crippen molar-refractivity contribution in [3.63, 3.8) is 0 Å². The van der Waals surface area contributed by atoms with Gasteiger partial charge in [-0.2, -0.15) is 0 Å². The highest BCUT2D eigenvalue weighted by Gasteiger charge is 2.20. The standard InChI is InChI=1S/C22H32N4O3/c1-17(2)7-8-23-22(27)20-16-29-21(24-20)15-26-11-9-25(10-12-26)14-18-5-4-6-19(13-18)28-3/h4-6,13,16-17H,7-12,14-15H2,1-3H3,(H,23,27). The largest absolute Gasteiger partial charge is 0.497 e. The number of hydrogen-bond acceptors (Lipinski definition) is 6. The molecule has 1 amide bonds. The Morgan fingerprint density at radius 3 is 2.62 bits per heavy atom. The maximum absolute atomic E-state index is 12.1. The Balaban J connectivity index is 1.42. The summed E-state index contributed by atoms with van der Waals surface area (Å²) in [6.07, 6.45) is 2.41. The number of piperazine rings is 1. The lowest BCUT2D eigenvalue weighted by Crippen LogP contribution is -2.45. The lowest BCUT2D eigenvalue weighted by Gasteiger charge is -2.34. The van der Waals surface area contributed by atoms with Gasteiger partial charge in [0.1, 0.15) is 12.0 Å². The van der Waals surface area contributed by atoms with Crippen LogP contribution in [-0.2, 0) is 13.1 Å². The summed E-state index contributed by atoms with van der Waals surface area (Å²) >= 11 is 0. The number of aromatic nitrogens is 1. The van der Waals surface area contributed by atoms with E-state index in [0.717, 1.165) is 44.9 Å². The van der Waals surface area contributed by atoms with Crippen LogP contribution < -0.4 is 10.1 Å². The maximum atomic E-state index is 12.1. The van der Waals surface area contributed by atoms with Gasteiger partial charge in [-0.1, -0.05) is 26.0 Å². The van der Waals surface area contributed by atoms with Crippen LogP contribution in [0.15, 0.2) is 34.9 Å². The minimum Gasteiger partial charge on any atom is -0.497 e. The molecule has 0 saturated carbocycles. The average Bonchev–Trinajstić information content (AvgIpc) is 3.18. The molecule has 0 radical (unpaired) electrons. The molecule has 0 aliphatic carbocycles. The molecular weight excluding hydrogens is 368 g/mol. The van der Waals surface area contributed by atoms with Crippen LogP contribution >= 0.6 is 0 Å². The third kappa shape index (κ3) is 6.58. The van der Waals surface area contributed by atoms with E-state index in [1.54, 1.807) is 7.11 Å². The molecule has 1 aromatic carbocycles. The second-order valence-electron chi connectivity index (χ2n) is 7.97. The van der Waals surface area contributed by atoms with E-state index in [2.05, 4.69) is 46.1 Å². The molecule has 2 heterocycles. The van der Waals surface area contributed by atoms with E-state index in [9.17, 15) is 4.79 Å². The van der Waals surface area contributed by atoms with Gasteiger partial charge in [0.05, 0.1) is 13.7 Å². The predicted octanol–water partition coefficient (Wildman–Crippen LogP) is 2.78. The summed E-state index contributed by atoms with van der Waals surface area (Å²) in [6.45, 7) is 10.4. The summed E-state index contributed by atoms with van der Waals surface area (Å²) in [5.74, 6) is 1.89. The summed E-state index contributed by atoms with van der Waals surface area (Å²) < 4.78 is 10.8. The van der Waals surface area contributed by atoms with Crippen LogP contribution in [-0.4, -0.2) is 60.5 Å². The first-order valence-corrected chi connectivity index (χ1v) is 10.3. The van der Waals surface area contributed by atoms with E-state index in [0.29, 0.717) is 30.6 Å². The van der Waals surface area contributed by atoms with Gasteiger partial charge in [-0.05, 0) is 30.0 Å². The Labute approximate surface area is 173 Å². The first-order valence-electron chi connectivity index (χ1n) is 10.3. The number of methoxy groups -OCH3 is 1. The van der Waals surface area contributed by atoms with Crippen LogP contribution in [0.3, 0.4) is 0 Å². The Hall–Kier alpha value is -2.38. The van der Waals surface area contributed by atoms with E-state index in [4.69, 9.17) is 9.15 Å². The zero-order valence-corrected chi connectivity index (χ0v) is 17.7. The summed E-state index contributed by atoms with van der Waals surface area (Å²) in [4.78, 5) is 21.2. The Morgan fingerprint density at radius 1 is 1.21 bits per heavy atom. The first kappa shape index (κ1) is 21.3. The van der Waals surface area contributed by atoms with Crippen molar-refractivity contribution in [2.45, 2.75) is 33.4 Å². The number of nitrogens with zero attached hydrogens (tertiary/aromatic N) is 3. The van der Waals surface area contributed by atoms with Crippen molar-refractivity contribution in [3.8, 4) is 5.75 Å². The van der Waals surface area contributed by atoms with Crippen LogP contribution in [0.4, 0.5) is 0 Å². The molecule has 1 aliphatic heterocycles. The minimum absolute atomic E-state index is 0.163. The third-order valence-corrected chi connectivity index (χ3v) is 5.16. The van der Waals surface area contributed by atoms with Crippen molar-refractivity contribution in [1.29, 1.82) is 0 Å². The predicted molar refractivity (Wildman–Crippen MR) is 112 cm³/mol. The van der Waals surface area contributed by atoms with Crippen LogP contribution in [0.25, 0.3) is 0 Å². The molecule has 3 rings (SSSR count). The number of carbonyl (C=O) groups is 1. The Bertz CT molecular complexity index is 782. The first-order chi connectivity index (χ1) is 14.0. The normalized spacial score (nSPS) is 15.6. The fourth-order valence-electron chi connectivity index (χ4n) is 3.38. The molecule has 0 unspecified atom stereocenters. The average molecular weight is 401 g/mol. The number of carbonyl (C=O) groups excluding carboxylic acids is 1. The van der Waals surface area contributed by atoms with E-state index in [-0.39, 0.29) is 5.91 Å². The number of ether oxygens (including phenoxy) is 1. The summed E-state index contributed by atoms with van der Waals surface area (Å²) in [6, 6.07) is 8.22. The van der Waals surface area contributed by atoms with E-state index >= 15 is 0 Å². The third-order valence-electron chi connectivity index (χ3n) is 5.16. The fourth-order valence-corrected chi connectivity index (χ4v) is 3.38. The van der Waals surface area contributed by atoms with Gasteiger partial charge in [0.2, 0.25) is 5.89 Å². The van der Waals surface area contributed by atoms with E-state index in [1.807, 2.05) is 12.1 Å². The lowest BCUT2D eigenvalue weighted by molar-refractivity contribution is 0.0946. The second kappa shape index (κ2) is 10.4. The number of oxazole rings is 1. The SMILES string of the molecule is COc1cccc(CN2CCN(Cc3nc(C(=O)NCCC(C)C)co3)CC2)c1. The van der Waals surface area contributed by atoms with Gasteiger partial charge in [-0.15, -0.1) is 0 Å². The van der Waals surface area contributed by atoms with Crippen molar-refractivity contribution in [1.82, 2.24) is 20.1 Å². The van der Waals surface area contributed by atoms with Crippen LogP contribution in [0.1, 0.15) is 42.2 Å². The van der Waals surface area contributed by atoms with Crippen molar-refractivity contribution < 1.29 is 13.9 Å². The Kier molecular flexibility index (Phi) is 7.66. The molecule has 7 heteroatoms. The lowest BCUT2D eigenvalue weighted by atomic mass is 10.1. The smallest absolute Gasteiger partial charge is 0.273 e. The molecule has 7 nitrogen and oxygen atoms in total. The molecule has 0 spiro atoms. The van der Waals surface area contributed by atoms with E-state index < -0.39 is 0 Å². The van der Waals surface area contributed by atoms with Crippen LogP contribution in [0.5, 0.6) is 5.75 Å². The van der Waals surface area contributed by atoms with Crippen molar-refractivity contribution in [2.75, 3.05) is 39.8 Å². The van der Waals surface area contributed by atoms with Gasteiger partial charge in [-0.25, -0.2) is 4.98 Å². The molecule has 158 valence electrons. The van der Waals surface area contributed by atoms with E-state index in [1.165, 1.54) is 11.8 Å². The quantitative estimate of drug-likeness (QED) is 0.698. The van der Waals surface area contributed by atoms with Crippen LogP contribution in [0.2, 0.25) is 0 Å². The molecule has 1 fully saturated rings. The minimum atomic E-state index is -0.163. The molecule has 1 N–H and O–H groups in total. The van der Waals surface area contributed by atoms with Crippen molar-refractivity contribution in [2.24, 2.45) is 5.92 Å². The molecule has 29 heavy (non-hydrogen) atoms. The summed E-state index contributed by atoms with van der Waals surface area (Å²) in [5, 5.41) is 2.89. The number of rotatable bonds is 9. The second-order valence-corrected chi connectivity index (χ2v) is 7.97. The van der Waals surface area contributed by atoms with Gasteiger partial charge >= 0.3 is 0 Å². The topological polar surface area (TPSA) is 70.8 Å². The van der Waals surface area contributed by atoms with Crippen LogP contribution in [0, 0.1) is 5.92 Å². The van der Waals surface area contributed by atoms with Crippen molar-refractivity contribution >= 4 is 5.91 Å².